The van der Waals surface area contributed by atoms with E-state index in [4.69, 9.17) is 20.5 Å². The molecule has 0 aliphatic heterocycles. The molecule has 28 heavy (non-hydrogen) atoms. The number of rotatable bonds is 6. The van der Waals surface area contributed by atoms with Gasteiger partial charge in [0.1, 0.15) is 11.5 Å². The number of nitrogens with zero attached hydrogens (tertiary/aromatic N) is 8. The van der Waals surface area contributed by atoms with Crippen LogP contribution in [0.15, 0.2) is 58.8 Å². The van der Waals surface area contributed by atoms with E-state index in [-0.39, 0.29) is 11.6 Å². The molecule has 2 aromatic carbocycles. The van der Waals surface area contributed by atoms with Crippen molar-refractivity contribution in [1.82, 2.24) is 9.97 Å². The molecule has 10 heteroatoms. The van der Waals surface area contributed by atoms with E-state index in [1.807, 2.05) is 24.3 Å². The van der Waals surface area contributed by atoms with Gasteiger partial charge in [-0.15, -0.1) is 0 Å². The molecule has 0 fully saturated rings. The lowest BCUT2D eigenvalue weighted by molar-refractivity contribution is 0.414. The van der Waals surface area contributed by atoms with Crippen LogP contribution in [0.25, 0.3) is 43.4 Å². The summed E-state index contributed by atoms with van der Waals surface area (Å²) in [5, 5.41) is 7.01. The van der Waals surface area contributed by atoms with Gasteiger partial charge in [-0.1, -0.05) is 0 Å². The number of aromatic nitrogens is 2. The van der Waals surface area contributed by atoms with E-state index in [0.29, 0.717) is 22.9 Å². The molecule has 10 nitrogen and oxygen atoms in total. The normalized spacial score (nSPS) is 9.79. The lowest BCUT2D eigenvalue weighted by atomic mass is 10.0. The highest BCUT2D eigenvalue weighted by Crippen LogP contribution is 2.36. The molecule has 3 rings (SSSR count). The molecular weight excluding hydrogens is 360 g/mol. The highest BCUT2D eigenvalue weighted by atomic mass is 16.5. The number of benzene rings is 2. The summed E-state index contributed by atoms with van der Waals surface area (Å²) in [6.45, 7) is 0. The molecule has 0 aliphatic carbocycles. The van der Waals surface area contributed by atoms with E-state index in [9.17, 15) is 0 Å². The van der Waals surface area contributed by atoms with E-state index >= 15 is 0 Å². The van der Waals surface area contributed by atoms with Crippen molar-refractivity contribution < 1.29 is 9.47 Å². The van der Waals surface area contributed by atoms with Gasteiger partial charge in [0.2, 0.25) is 0 Å². The van der Waals surface area contributed by atoms with E-state index in [0.717, 1.165) is 11.1 Å². The van der Waals surface area contributed by atoms with E-state index in [1.54, 1.807) is 38.5 Å². The standard InChI is InChI=1S/C18H14N8O2/c1-27-13-7-3-11(4-8-13)15-16(12-5-9-14(28-2)10-6-12)22-18(24-26-20)17(21-15)23-25-19/h3-10H,1-2H3. The first-order chi connectivity index (χ1) is 13.7. The Morgan fingerprint density at radius 3 is 1.32 bits per heavy atom. The molecule has 0 unspecified atom stereocenters. The van der Waals surface area contributed by atoms with Crippen molar-refractivity contribution in [1.29, 1.82) is 0 Å². The van der Waals surface area contributed by atoms with Crippen LogP contribution >= 0.6 is 0 Å². The quantitative estimate of drug-likeness (QED) is 0.309. The second kappa shape index (κ2) is 8.41. The molecular formula is C18H14N8O2. The molecule has 138 valence electrons. The average Bonchev–Trinajstić information content (AvgIpc) is 2.75. The van der Waals surface area contributed by atoms with E-state index in [2.05, 4.69) is 30.0 Å². The maximum atomic E-state index is 8.81. The molecule has 0 atom stereocenters. The van der Waals surface area contributed by atoms with Crippen LogP contribution in [0.5, 0.6) is 11.5 Å². The van der Waals surface area contributed by atoms with Crippen LogP contribution in [0.3, 0.4) is 0 Å². The molecule has 1 aromatic heterocycles. The third-order valence-electron chi connectivity index (χ3n) is 3.87. The Bertz CT molecular complexity index is 995. The number of ether oxygens (including phenoxy) is 2. The van der Waals surface area contributed by atoms with Crippen LogP contribution in [0, 0.1) is 0 Å². The maximum absolute atomic E-state index is 8.81. The molecule has 0 spiro atoms. The molecule has 0 bridgehead atoms. The van der Waals surface area contributed by atoms with Gasteiger partial charge in [0.05, 0.1) is 25.6 Å². The van der Waals surface area contributed by atoms with Crippen molar-refractivity contribution in [3.8, 4) is 34.0 Å². The van der Waals surface area contributed by atoms with Crippen molar-refractivity contribution in [2.45, 2.75) is 0 Å². The van der Waals surface area contributed by atoms with Crippen LogP contribution in [0.2, 0.25) is 0 Å². The van der Waals surface area contributed by atoms with Gasteiger partial charge in [0.25, 0.3) is 0 Å². The number of azide groups is 2. The minimum Gasteiger partial charge on any atom is -0.497 e. The monoisotopic (exact) mass is 374 g/mol. The topological polar surface area (TPSA) is 142 Å². The fourth-order valence-corrected chi connectivity index (χ4v) is 2.54. The van der Waals surface area contributed by atoms with Gasteiger partial charge in [-0.05, 0) is 69.8 Å². The minimum absolute atomic E-state index is 0.108. The second-order valence-corrected chi connectivity index (χ2v) is 5.40. The Hall–Kier alpha value is -4.26. The Morgan fingerprint density at radius 2 is 1.04 bits per heavy atom. The molecule has 3 aromatic rings. The van der Waals surface area contributed by atoms with Crippen LogP contribution in [0.4, 0.5) is 11.6 Å². The van der Waals surface area contributed by atoms with Crippen LogP contribution in [0.1, 0.15) is 0 Å². The van der Waals surface area contributed by atoms with Crippen molar-refractivity contribution >= 4 is 11.6 Å². The molecule has 0 N–H and O–H groups in total. The molecule has 0 saturated heterocycles. The Balaban J connectivity index is 2.27. The highest BCUT2D eigenvalue weighted by molar-refractivity contribution is 5.81. The molecule has 0 radical (unpaired) electrons. The number of hydrogen-bond acceptors (Lipinski definition) is 6. The zero-order chi connectivity index (χ0) is 19.9. The first kappa shape index (κ1) is 18.5. The van der Waals surface area contributed by atoms with Crippen molar-refractivity contribution in [2.75, 3.05) is 14.2 Å². The minimum atomic E-state index is -0.108. The lowest BCUT2D eigenvalue weighted by Crippen LogP contribution is -1.95. The first-order valence-electron chi connectivity index (χ1n) is 8.01. The van der Waals surface area contributed by atoms with E-state index < -0.39 is 0 Å². The summed E-state index contributed by atoms with van der Waals surface area (Å²) in [6, 6.07) is 14.4. The van der Waals surface area contributed by atoms with Crippen LogP contribution < -0.4 is 9.47 Å². The summed E-state index contributed by atoms with van der Waals surface area (Å²) < 4.78 is 10.4. The fourth-order valence-electron chi connectivity index (χ4n) is 2.54. The summed E-state index contributed by atoms with van der Waals surface area (Å²) in [5.74, 6) is 1.15. The van der Waals surface area contributed by atoms with Crippen molar-refractivity contribution in [3.63, 3.8) is 0 Å². The van der Waals surface area contributed by atoms with Gasteiger partial charge in [-0.2, -0.15) is 0 Å². The summed E-state index contributed by atoms with van der Waals surface area (Å²) >= 11 is 0. The molecule has 0 aliphatic rings. The second-order valence-electron chi connectivity index (χ2n) is 5.40. The predicted molar refractivity (Wildman–Crippen MR) is 104 cm³/mol. The van der Waals surface area contributed by atoms with Crippen molar-refractivity contribution in [2.24, 2.45) is 10.2 Å². The zero-order valence-electron chi connectivity index (χ0n) is 15.0. The molecule has 0 amide bonds. The Kier molecular flexibility index (Phi) is 5.57. The van der Waals surface area contributed by atoms with E-state index in [1.165, 1.54) is 0 Å². The van der Waals surface area contributed by atoms with Gasteiger partial charge >= 0.3 is 0 Å². The highest BCUT2D eigenvalue weighted by Gasteiger charge is 2.16. The maximum Gasteiger partial charge on any atom is 0.155 e. The summed E-state index contributed by atoms with van der Waals surface area (Å²) in [5.41, 5.74) is 20.0. The smallest absolute Gasteiger partial charge is 0.155 e. The third-order valence-corrected chi connectivity index (χ3v) is 3.87. The van der Waals surface area contributed by atoms with Crippen molar-refractivity contribution in [3.05, 3.63) is 69.4 Å². The number of methoxy groups -OCH3 is 2. The fraction of sp³-hybridized carbons (Fsp3) is 0.111. The first-order valence-corrected chi connectivity index (χ1v) is 8.01. The number of hydrogen-bond donors (Lipinski definition) is 0. The largest absolute Gasteiger partial charge is 0.497 e. The Morgan fingerprint density at radius 1 is 0.679 bits per heavy atom. The Labute approximate surface area is 159 Å². The van der Waals surface area contributed by atoms with Gasteiger partial charge < -0.3 is 9.47 Å². The SMILES string of the molecule is COc1ccc(-c2nc(N=[N+]=[N-])c(N=[N+]=[N-])nc2-c2ccc(OC)cc2)cc1. The summed E-state index contributed by atoms with van der Waals surface area (Å²) in [4.78, 5) is 14.3. The molecule has 1 heterocycles. The predicted octanol–water partition coefficient (Wildman–Crippen LogP) is 5.71. The average molecular weight is 374 g/mol. The lowest BCUT2D eigenvalue weighted by Gasteiger charge is -2.12. The molecule has 0 saturated carbocycles. The van der Waals surface area contributed by atoms with Gasteiger partial charge in [0, 0.05) is 21.0 Å². The van der Waals surface area contributed by atoms with Gasteiger partial charge in [-0.3, -0.25) is 0 Å². The summed E-state index contributed by atoms with van der Waals surface area (Å²) in [6.07, 6.45) is 0. The van der Waals surface area contributed by atoms with Gasteiger partial charge in [-0.25, -0.2) is 9.97 Å². The third kappa shape index (κ3) is 3.78. The summed E-state index contributed by atoms with van der Waals surface area (Å²) in [7, 11) is 3.15. The van der Waals surface area contributed by atoms with Crippen LogP contribution in [-0.4, -0.2) is 24.2 Å². The zero-order valence-corrected chi connectivity index (χ0v) is 15.0. The van der Waals surface area contributed by atoms with Crippen LogP contribution in [-0.2, 0) is 0 Å². The van der Waals surface area contributed by atoms with Gasteiger partial charge in [0.15, 0.2) is 11.6 Å².